The maximum atomic E-state index is 12.6. The third-order valence-corrected chi connectivity index (χ3v) is 5.95. The van der Waals surface area contributed by atoms with Crippen molar-refractivity contribution < 1.29 is 4.79 Å². The van der Waals surface area contributed by atoms with Gasteiger partial charge in [0, 0.05) is 36.7 Å². The lowest BCUT2D eigenvalue weighted by atomic mass is 9.88. The predicted molar refractivity (Wildman–Crippen MR) is 94.2 cm³/mol. The first-order valence-electron chi connectivity index (χ1n) is 9.61. The van der Waals surface area contributed by atoms with Crippen molar-refractivity contribution in [3.63, 3.8) is 0 Å². The molecule has 5 nitrogen and oxygen atoms in total. The number of hydrogen-bond acceptors (Lipinski definition) is 4. The number of fused-ring (bicyclic) bond motifs is 1. The number of aromatic nitrogens is 2. The van der Waals surface area contributed by atoms with Crippen LogP contribution in [0.2, 0.25) is 0 Å². The summed E-state index contributed by atoms with van der Waals surface area (Å²) in [6.07, 6.45) is 8.96. The molecule has 3 aliphatic rings. The number of nitrogens with zero attached hydrogens (tertiary/aromatic N) is 3. The Morgan fingerprint density at radius 1 is 1.12 bits per heavy atom. The number of carbonyl (C=O) groups excluding carboxylic acids is 1. The number of carbonyl (C=O) groups is 1. The van der Waals surface area contributed by atoms with Crippen molar-refractivity contribution in [1.82, 2.24) is 15.3 Å². The van der Waals surface area contributed by atoms with Crippen LogP contribution in [0.5, 0.6) is 0 Å². The average molecular weight is 328 g/mol. The molecule has 0 bridgehead atoms. The molecule has 1 atom stereocenters. The second kappa shape index (κ2) is 6.79. The lowest BCUT2D eigenvalue weighted by molar-refractivity contribution is -0.119. The highest BCUT2D eigenvalue weighted by Gasteiger charge is 2.31. The van der Waals surface area contributed by atoms with E-state index in [2.05, 4.69) is 12.2 Å². The summed E-state index contributed by atoms with van der Waals surface area (Å²) in [5.74, 6) is 3.13. The van der Waals surface area contributed by atoms with Crippen LogP contribution in [0.25, 0.3) is 0 Å². The number of rotatable bonds is 3. The quantitative estimate of drug-likeness (QED) is 0.927. The monoisotopic (exact) mass is 328 g/mol. The summed E-state index contributed by atoms with van der Waals surface area (Å²) in [4.78, 5) is 24.3. The van der Waals surface area contributed by atoms with E-state index < -0.39 is 0 Å². The molecule has 0 radical (unpaired) electrons. The normalized spacial score (nSPS) is 25.1. The van der Waals surface area contributed by atoms with Crippen molar-refractivity contribution in [3.8, 4) is 0 Å². The van der Waals surface area contributed by atoms with Gasteiger partial charge < -0.3 is 5.32 Å². The van der Waals surface area contributed by atoms with Crippen LogP contribution in [0.1, 0.15) is 67.9 Å². The van der Waals surface area contributed by atoms with Crippen LogP contribution < -0.4 is 10.2 Å². The molecule has 1 N–H and O–H groups in total. The molecule has 1 aliphatic carbocycles. The largest absolute Gasteiger partial charge is 0.316 e. The van der Waals surface area contributed by atoms with Crippen LogP contribution in [0.3, 0.4) is 0 Å². The van der Waals surface area contributed by atoms with E-state index in [1.165, 1.54) is 37.7 Å². The summed E-state index contributed by atoms with van der Waals surface area (Å²) in [6.45, 7) is 4.93. The molecule has 3 heterocycles. The number of amides is 1. The molecule has 0 unspecified atom stereocenters. The first kappa shape index (κ1) is 16.0. The third-order valence-electron chi connectivity index (χ3n) is 5.95. The van der Waals surface area contributed by atoms with Gasteiger partial charge in [0.1, 0.15) is 11.6 Å². The Bertz CT molecular complexity index is 618. The molecular formula is C19H28N4O. The maximum Gasteiger partial charge on any atom is 0.228 e. The minimum absolute atomic E-state index is 0.252. The number of anilines is 1. The Hall–Kier alpha value is -1.49. The van der Waals surface area contributed by atoms with Crippen LogP contribution >= 0.6 is 0 Å². The molecule has 1 aromatic heterocycles. The van der Waals surface area contributed by atoms with Crippen molar-refractivity contribution in [1.29, 1.82) is 0 Å². The fourth-order valence-corrected chi connectivity index (χ4v) is 4.48. The minimum atomic E-state index is 0.252. The highest BCUT2D eigenvalue weighted by atomic mass is 16.2. The van der Waals surface area contributed by atoms with Crippen LogP contribution in [0, 0.1) is 12.8 Å². The second-order valence-electron chi connectivity index (χ2n) is 7.67. The van der Waals surface area contributed by atoms with Crippen molar-refractivity contribution in [2.75, 3.05) is 24.5 Å². The van der Waals surface area contributed by atoms with Gasteiger partial charge in [0.2, 0.25) is 5.91 Å². The Morgan fingerprint density at radius 3 is 2.71 bits per heavy atom. The van der Waals surface area contributed by atoms with E-state index in [4.69, 9.17) is 9.97 Å². The number of hydrogen-bond donors (Lipinski definition) is 1. The van der Waals surface area contributed by atoms with Crippen molar-refractivity contribution >= 4 is 11.7 Å². The van der Waals surface area contributed by atoms with Gasteiger partial charge in [-0.1, -0.05) is 19.3 Å². The summed E-state index contributed by atoms with van der Waals surface area (Å²) in [7, 11) is 0. The van der Waals surface area contributed by atoms with Crippen molar-refractivity contribution in [3.05, 3.63) is 17.1 Å². The maximum absolute atomic E-state index is 12.6. The van der Waals surface area contributed by atoms with E-state index in [0.29, 0.717) is 18.3 Å². The molecule has 130 valence electrons. The lowest BCUT2D eigenvalue weighted by Crippen LogP contribution is -2.40. The minimum Gasteiger partial charge on any atom is -0.316 e. The summed E-state index contributed by atoms with van der Waals surface area (Å²) in [5.41, 5.74) is 2.27. The van der Waals surface area contributed by atoms with Gasteiger partial charge in [-0.2, -0.15) is 0 Å². The first-order valence-corrected chi connectivity index (χ1v) is 9.61. The van der Waals surface area contributed by atoms with E-state index >= 15 is 0 Å². The molecule has 0 aromatic carbocycles. The smallest absolute Gasteiger partial charge is 0.228 e. The lowest BCUT2D eigenvalue weighted by Gasteiger charge is -2.33. The van der Waals surface area contributed by atoms with E-state index in [0.717, 1.165) is 49.8 Å². The zero-order valence-electron chi connectivity index (χ0n) is 14.7. The van der Waals surface area contributed by atoms with Crippen LogP contribution in [0.4, 0.5) is 5.82 Å². The van der Waals surface area contributed by atoms with Gasteiger partial charge in [-0.25, -0.2) is 9.97 Å². The molecule has 0 spiro atoms. The van der Waals surface area contributed by atoms with E-state index in [-0.39, 0.29) is 5.91 Å². The summed E-state index contributed by atoms with van der Waals surface area (Å²) >= 11 is 0. The molecule has 5 heteroatoms. The van der Waals surface area contributed by atoms with Gasteiger partial charge in [-0.05, 0) is 45.1 Å². The molecule has 2 fully saturated rings. The molecular weight excluding hydrogens is 300 g/mol. The van der Waals surface area contributed by atoms with Crippen LogP contribution in [-0.4, -0.2) is 35.5 Å². The van der Waals surface area contributed by atoms with Crippen LogP contribution in [0.15, 0.2) is 0 Å². The molecule has 2 aliphatic heterocycles. The Morgan fingerprint density at radius 2 is 1.96 bits per heavy atom. The predicted octanol–water partition coefficient (Wildman–Crippen LogP) is 2.72. The SMILES string of the molecule is Cc1nc([C@@H]2CCNC2)nc2c1CCC(=O)N2CC1CCCCC1. The van der Waals surface area contributed by atoms with Crippen molar-refractivity contribution in [2.24, 2.45) is 5.92 Å². The van der Waals surface area contributed by atoms with Gasteiger partial charge in [0.15, 0.2) is 0 Å². The standard InChI is InChI=1S/C19H28N4O/c1-13-16-7-8-17(24)23(12-14-5-3-2-4-6-14)19(16)22-18(21-13)15-9-10-20-11-15/h14-15,20H,2-12H2,1H3/t15-/m1/s1. The highest BCUT2D eigenvalue weighted by molar-refractivity contribution is 5.95. The van der Waals surface area contributed by atoms with E-state index in [9.17, 15) is 4.79 Å². The summed E-state index contributed by atoms with van der Waals surface area (Å²) < 4.78 is 0. The Kier molecular flexibility index (Phi) is 4.53. The zero-order chi connectivity index (χ0) is 16.5. The van der Waals surface area contributed by atoms with E-state index in [1.54, 1.807) is 0 Å². The fraction of sp³-hybridized carbons (Fsp3) is 0.737. The molecule has 24 heavy (non-hydrogen) atoms. The molecule has 4 rings (SSSR count). The van der Waals surface area contributed by atoms with Gasteiger partial charge in [0.05, 0.1) is 0 Å². The highest BCUT2D eigenvalue weighted by Crippen LogP contribution is 2.33. The topological polar surface area (TPSA) is 58.1 Å². The first-order chi connectivity index (χ1) is 11.7. The van der Waals surface area contributed by atoms with Gasteiger partial charge in [0.25, 0.3) is 0 Å². The zero-order valence-corrected chi connectivity index (χ0v) is 14.7. The Labute approximate surface area is 144 Å². The number of aryl methyl sites for hydroxylation is 1. The molecule has 1 amide bonds. The van der Waals surface area contributed by atoms with Crippen LogP contribution in [-0.2, 0) is 11.2 Å². The average Bonchev–Trinajstić information content (AvgIpc) is 3.13. The molecule has 1 saturated heterocycles. The Balaban J connectivity index is 1.64. The van der Waals surface area contributed by atoms with Crippen molar-refractivity contribution in [2.45, 2.75) is 64.2 Å². The summed E-state index contributed by atoms with van der Waals surface area (Å²) in [6, 6.07) is 0. The summed E-state index contributed by atoms with van der Waals surface area (Å²) in [5, 5.41) is 3.40. The molecule has 1 aromatic rings. The van der Waals surface area contributed by atoms with Gasteiger partial charge in [-0.3, -0.25) is 9.69 Å². The molecule has 1 saturated carbocycles. The second-order valence-corrected chi connectivity index (χ2v) is 7.67. The van der Waals surface area contributed by atoms with Gasteiger partial charge in [-0.15, -0.1) is 0 Å². The van der Waals surface area contributed by atoms with E-state index in [1.807, 2.05) is 4.90 Å². The third kappa shape index (κ3) is 3.06. The number of nitrogens with one attached hydrogen (secondary N) is 1. The van der Waals surface area contributed by atoms with Gasteiger partial charge >= 0.3 is 0 Å². The fourth-order valence-electron chi connectivity index (χ4n) is 4.48.